The third-order valence-electron chi connectivity index (χ3n) is 2.49. The van der Waals surface area contributed by atoms with Crippen molar-refractivity contribution in [1.29, 1.82) is 0 Å². The van der Waals surface area contributed by atoms with Crippen LogP contribution < -0.4 is 10.6 Å². The van der Waals surface area contributed by atoms with Gasteiger partial charge in [-0.3, -0.25) is 5.32 Å². The Hall–Kier alpha value is -1.08. The fraction of sp³-hybridized carbons (Fsp3) is 0.273. The number of hydrogen-bond acceptors (Lipinski definition) is 4. The fourth-order valence-corrected chi connectivity index (χ4v) is 3.19. The summed E-state index contributed by atoms with van der Waals surface area (Å²) in [4.78, 5) is 15.5. The van der Waals surface area contributed by atoms with E-state index in [4.69, 9.17) is 0 Å². The maximum atomic E-state index is 11.1. The monoisotopic (exact) mass is 375 g/mol. The first-order chi connectivity index (χ1) is 8.61. The van der Waals surface area contributed by atoms with Gasteiger partial charge in [0, 0.05) is 21.1 Å². The number of hydrogen-bond donors (Lipinski definition) is 2. The molecule has 0 aliphatic carbocycles. The molecule has 2 N–H and O–H groups in total. The first kappa shape index (κ1) is 13.4. The first-order valence-electron chi connectivity index (χ1n) is 5.22. The number of carbonyl (C=O) groups is 1. The van der Waals surface area contributed by atoms with Crippen LogP contribution in [0, 0.1) is 0 Å². The number of nitrogens with zero attached hydrogens (tertiary/aromatic N) is 1. The van der Waals surface area contributed by atoms with Gasteiger partial charge >= 0.3 is 6.09 Å². The minimum atomic E-state index is -0.534. The number of guanidine groups is 1. The molecule has 1 aromatic carbocycles. The zero-order valence-corrected chi connectivity index (χ0v) is 12.7. The predicted molar refractivity (Wildman–Crippen MR) is 75.6 cm³/mol. The van der Waals surface area contributed by atoms with E-state index in [1.807, 2.05) is 18.2 Å². The van der Waals surface area contributed by atoms with Gasteiger partial charge in [0.1, 0.15) is 0 Å². The molecule has 0 saturated heterocycles. The van der Waals surface area contributed by atoms with E-state index in [1.54, 1.807) is 0 Å². The van der Waals surface area contributed by atoms with Crippen molar-refractivity contribution in [3.8, 4) is 0 Å². The van der Waals surface area contributed by atoms with Crippen LogP contribution in [-0.2, 0) is 4.74 Å². The molecule has 1 unspecified atom stereocenters. The molecule has 1 aliphatic rings. The number of aliphatic imine (C=N–C) groups is 1. The standard InChI is InChI=1S/C11H11Br2N3O2/c1-18-11(17)16-10-14-5-8(15-10)9-6(12)3-2-4-7(9)13/h2-4,8H,5H2,1H3,(H2,14,15,16,17). The van der Waals surface area contributed by atoms with Crippen molar-refractivity contribution >= 4 is 43.9 Å². The van der Waals surface area contributed by atoms with E-state index in [0.29, 0.717) is 12.5 Å². The number of carbonyl (C=O) groups excluding carboxylic acids is 1. The summed E-state index contributed by atoms with van der Waals surface area (Å²) in [5, 5.41) is 5.54. The number of ether oxygens (including phenoxy) is 1. The third kappa shape index (κ3) is 2.84. The molecular weight excluding hydrogens is 366 g/mol. The molecule has 0 saturated carbocycles. The van der Waals surface area contributed by atoms with Crippen molar-refractivity contribution in [2.24, 2.45) is 4.99 Å². The Labute approximate surface area is 121 Å². The minimum Gasteiger partial charge on any atom is -0.453 e. The maximum absolute atomic E-state index is 11.1. The highest BCUT2D eigenvalue weighted by Crippen LogP contribution is 2.33. The topological polar surface area (TPSA) is 62.7 Å². The van der Waals surface area contributed by atoms with Gasteiger partial charge in [-0.25, -0.2) is 9.79 Å². The quantitative estimate of drug-likeness (QED) is 0.791. The van der Waals surface area contributed by atoms with Gasteiger partial charge in [0.2, 0.25) is 5.96 Å². The molecule has 0 spiro atoms. The van der Waals surface area contributed by atoms with Gasteiger partial charge in [0.15, 0.2) is 0 Å². The number of benzene rings is 1. The Morgan fingerprint density at radius 2 is 2.17 bits per heavy atom. The van der Waals surface area contributed by atoms with E-state index in [9.17, 15) is 4.79 Å². The molecule has 0 radical (unpaired) electrons. The van der Waals surface area contributed by atoms with Gasteiger partial charge < -0.3 is 10.1 Å². The molecule has 0 fully saturated rings. The van der Waals surface area contributed by atoms with Crippen LogP contribution >= 0.6 is 31.9 Å². The van der Waals surface area contributed by atoms with Gasteiger partial charge in [0.05, 0.1) is 13.2 Å². The average Bonchev–Trinajstić information content (AvgIpc) is 2.77. The minimum absolute atomic E-state index is 0.0536. The summed E-state index contributed by atoms with van der Waals surface area (Å²) in [7, 11) is 1.31. The lowest BCUT2D eigenvalue weighted by Crippen LogP contribution is -2.37. The molecule has 18 heavy (non-hydrogen) atoms. The van der Waals surface area contributed by atoms with Gasteiger partial charge in [-0.2, -0.15) is 0 Å². The molecule has 0 bridgehead atoms. The van der Waals surface area contributed by atoms with Crippen LogP contribution in [0.1, 0.15) is 11.6 Å². The molecule has 1 aliphatic heterocycles. The second-order valence-electron chi connectivity index (χ2n) is 3.63. The highest BCUT2D eigenvalue weighted by Gasteiger charge is 2.23. The van der Waals surface area contributed by atoms with E-state index < -0.39 is 6.09 Å². The van der Waals surface area contributed by atoms with E-state index in [0.717, 1.165) is 14.5 Å². The summed E-state index contributed by atoms with van der Waals surface area (Å²) in [6, 6.07) is 5.81. The summed E-state index contributed by atoms with van der Waals surface area (Å²) in [6.45, 7) is 0.626. The van der Waals surface area contributed by atoms with Crippen LogP contribution in [0.5, 0.6) is 0 Å². The molecule has 5 nitrogen and oxygen atoms in total. The Morgan fingerprint density at radius 3 is 2.78 bits per heavy atom. The van der Waals surface area contributed by atoms with Crippen LogP contribution in [0.3, 0.4) is 0 Å². The zero-order valence-electron chi connectivity index (χ0n) is 9.54. The molecule has 1 atom stereocenters. The van der Waals surface area contributed by atoms with Gasteiger partial charge in [-0.05, 0) is 12.1 Å². The lowest BCUT2D eigenvalue weighted by molar-refractivity contribution is 0.176. The van der Waals surface area contributed by atoms with E-state index in [1.165, 1.54) is 7.11 Å². The second kappa shape index (κ2) is 5.71. The summed E-state index contributed by atoms with van der Waals surface area (Å²) >= 11 is 7.00. The van der Waals surface area contributed by atoms with Gasteiger partial charge in [0.25, 0.3) is 0 Å². The highest BCUT2D eigenvalue weighted by atomic mass is 79.9. The van der Waals surface area contributed by atoms with Crippen LogP contribution in [0.25, 0.3) is 0 Å². The Bertz CT molecular complexity index is 485. The largest absolute Gasteiger partial charge is 0.453 e. The molecule has 1 aromatic rings. The normalized spacial score (nSPS) is 17.9. The summed E-state index contributed by atoms with van der Waals surface area (Å²) < 4.78 is 6.47. The number of methoxy groups -OCH3 is 1. The molecule has 96 valence electrons. The van der Waals surface area contributed by atoms with Crippen molar-refractivity contribution in [2.75, 3.05) is 13.7 Å². The van der Waals surface area contributed by atoms with E-state index in [2.05, 4.69) is 52.2 Å². The number of amides is 1. The van der Waals surface area contributed by atoms with Crippen molar-refractivity contribution in [1.82, 2.24) is 10.6 Å². The van der Waals surface area contributed by atoms with Crippen LogP contribution in [0.2, 0.25) is 0 Å². The number of rotatable bonds is 1. The summed E-state index contributed by atoms with van der Waals surface area (Å²) in [5.41, 5.74) is 1.05. The third-order valence-corrected chi connectivity index (χ3v) is 3.87. The number of alkyl carbamates (subject to hydrolysis) is 1. The zero-order chi connectivity index (χ0) is 13.1. The lowest BCUT2D eigenvalue weighted by atomic mass is 10.1. The van der Waals surface area contributed by atoms with Crippen LogP contribution in [0.15, 0.2) is 32.1 Å². The highest BCUT2D eigenvalue weighted by molar-refractivity contribution is 9.11. The molecule has 7 heteroatoms. The lowest BCUT2D eigenvalue weighted by Gasteiger charge is -2.10. The Morgan fingerprint density at radius 1 is 1.50 bits per heavy atom. The number of nitrogens with one attached hydrogen (secondary N) is 2. The fourth-order valence-electron chi connectivity index (χ4n) is 1.66. The maximum Gasteiger partial charge on any atom is 0.413 e. The van der Waals surface area contributed by atoms with Crippen LogP contribution in [0.4, 0.5) is 4.79 Å². The first-order valence-corrected chi connectivity index (χ1v) is 6.81. The molecule has 0 aromatic heterocycles. The van der Waals surface area contributed by atoms with Crippen molar-refractivity contribution in [3.05, 3.63) is 32.7 Å². The molecule has 1 amide bonds. The van der Waals surface area contributed by atoms with E-state index in [-0.39, 0.29) is 6.04 Å². The average molecular weight is 377 g/mol. The van der Waals surface area contributed by atoms with Crippen molar-refractivity contribution in [3.63, 3.8) is 0 Å². The molecule has 2 rings (SSSR count). The van der Waals surface area contributed by atoms with E-state index >= 15 is 0 Å². The molecule has 1 heterocycles. The molecular formula is C11H11Br2N3O2. The Balaban J connectivity index is 2.19. The predicted octanol–water partition coefficient (Wildman–Crippen LogP) is 2.57. The van der Waals surface area contributed by atoms with Gasteiger partial charge in [-0.1, -0.05) is 37.9 Å². The van der Waals surface area contributed by atoms with Gasteiger partial charge in [-0.15, -0.1) is 0 Å². The number of halogens is 2. The second-order valence-corrected chi connectivity index (χ2v) is 5.33. The van der Waals surface area contributed by atoms with Crippen molar-refractivity contribution < 1.29 is 9.53 Å². The smallest absolute Gasteiger partial charge is 0.413 e. The summed E-state index contributed by atoms with van der Waals surface area (Å²) in [5.74, 6) is 0.425. The SMILES string of the molecule is COC(=O)NC1=NC(c2c(Br)cccc2Br)CN1. The van der Waals surface area contributed by atoms with Crippen LogP contribution in [-0.4, -0.2) is 25.7 Å². The van der Waals surface area contributed by atoms with Crippen molar-refractivity contribution in [2.45, 2.75) is 6.04 Å². The summed E-state index contributed by atoms with van der Waals surface area (Å²) in [6.07, 6.45) is -0.534. The Kier molecular flexibility index (Phi) is 4.23.